The molecule has 21 heavy (non-hydrogen) atoms. The quantitative estimate of drug-likeness (QED) is 0.641. The van der Waals surface area contributed by atoms with Crippen LogP contribution in [0.1, 0.15) is 6.92 Å². The molecule has 0 heterocycles. The number of anilines is 1. The number of benzene rings is 1. The number of hydrogen-bond acceptors (Lipinski definition) is 5. The highest BCUT2D eigenvalue weighted by Crippen LogP contribution is 2.13. The molecule has 1 amide bonds. The maximum absolute atomic E-state index is 11.5. The highest BCUT2D eigenvalue weighted by Gasteiger charge is 2.06. The first-order valence-electron chi connectivity index (χ1n) is 6.08. The van der Waals surface area contributed by atoms with Gasteiger partial charge in [0.05, 0.1) is 6.61 Å². The summed E-state index contributed by atoms with van der Waals surface area (Å²) in [5, 5.41) is 3.06. The van der Waals surface area contributed by atoms with Crippen LogP contribution in [0.25, 0.3) is 0 Å². The molecular weight excluding hydrogens is 298 g/mol. The van der Waals surface area contributed by atoms with Crippen molar-refractivity contribution in [1.29, 1.82) is 0 Å². The van der Waals surface area contributed by atoms with Crippen LogP contribution in [0.5, 0.6) is 0 Å². The largest absolute Gasteiger partial charge is 0.463 e. The zero-order valence-corrected chi connectivity index (χ0v) is 12.1. The van der Waals surface area contributed by atoms with Gasteiger partial charge in [0.15, 0.2) is 6.61 Å². The van der Waals surface area contributed by atoms with Gasteiger partial charge < -0.3 is 14.8 Å². The van der Waals surface area contributed by atoms with Gasteiger partial charge in [-0.15, -0.1) is 0 Å². The lowest BCUT2D eigenvalue weighted by atomic mass is 10.3. The molecule has 0 fully saturated rings. The van der Waals surface area contributed by atoms with Crippen molar-refractivity contribution in [2.75, 3.05) is 18.5 Å². The summed E-state index contributed by atoms with van der Waals surface area (Å²) in [5.74, 6) is -1.97. The number of carbonyl (C=O) groups is 3. The number of esters is 2. The van der Waals surface area contributed by atoms with Gasteiger partial charge in [-0.2, -0.15) is 0 Å². The highest BCUT2D eigenvalue weighted by atomic mass is 35.5. The van der Waals surface area contributed by atoms with E-state index in [2.05, 4.69) is 14.8 Å². The van der Waals surface area contributed by atoms with Crippen LogP contribution in [0.4, 0.5) is 5.69 Å². The molecular formula is C14H14ClNO5. The number of nitrogens with one attached hydrogen (secondary N) is 1. The van der Waals surface area contributed by atoms with E-state index in [1.165, 1.54) is 0 Å². The third-order valence-corrected chi connectivity index (χ3v) is 2.37. The smallest absolute Gasteiger partial charge is 0.331 e. The fourth-order valence-corrected chi connectivity index (χ4v) is 1.37. The summed E-state index contributed by atoms with van der Waals surface area (Å²) in [6.07, 6.45) is 1.83. The summed E-state index contributed by atoms with van der Waals surface area (Å²) < 4.78 is 9.24. The minimum atomic E-state index is -0.811. The molecule has 0 aromatic heterocycles. The van der Waals surface area contributed by atoms with Gasteiger partial charge >= 0.3 is 11.9 Å². The monoisotopic (exact) mass is 311 g/mol. The number of halogens is 1. The van der Waals surface area contributed by atoms with Gasteiger partial charge in [0.25, 0.3) is 5.91 Å². The lowest BCUT2D eigenvalue weighted by Gasteiger charge is -2.05. The average Bonchev–Trinajstić information content (AvgIpc) is 2.46. The Morgan fingerprint density at radius 2 is 1.67 bits per heavy atom. The topological polar surface area (TPSA) is 81.7 Å². The second-order valence-corrected chi connectivity index (χ2v) is 4.18. The molecule has 0 spiro atoms. The molecule has 0 aliphatic rings. The highest BCUT2D eigenvalue weighted by molar-refractivity contribution is 6.30. The molecule has 6 nitrogen and oxygen atoms in total. The SMILES string of the molecule is CCOC(=O)/C=C/C(=O)OCC(=O)Nc1ccc(Cl)cc1. The average molecular weight is 312 g/mol. The van der Waals surface area contributed by atoms with Crippen LogP contribution >= 0.6 is 11.6 Å². The van der Waals surface area contributed by atoms with Gasteiger partial charge in [-0.25, -0.2) is 9.59 Å². The predicted octanol–water partition coefficient (Wildman–Crippen LogP) is 1.94. The van der Waals surface area contributed by atoms with Gasteiger partial charge in [-0.1, -0.05) is 11.6 Å². The summed E-state index contributed by atoms with van der Waals surface area (Å²) in [5.41, 5.74) is 0.530. The van der Waals surface area contributed by atoms with E-state index < -0.39 is 24.5 Å². The van der Waals surface area contributed by atoms with Crippen LogP contribution in [0, 0.1) is 0 Å². The Balaban J connectivity index is 2.34. The first kappa shape index (κ1) is 16.7. The minimum absolute atomic E-state index is 0.210. The molecule has 0 unspecified atom stereocenters. The van der Waals surface area contributed by atoms with Crippen LogP contribution in [-0.4, -0.2) is 31.1 Å². The van der Waals surface area contributed by atoms with Gasteiger partial charge in [-0.3, -0.25) is 4.79 Å². The Morgan fingerprint density at radius 3 is 2.24 bits per heavy atom. The first-order chi connectivity index (χ1) is 10.0. The molecule has 0 aliphatic heterocycles. The molecule has 1 N–H and O–H groups in total. The molecule has 0 aliphatic carbocycles. The number of ether oxygens (including phenoxy) is 2. The van der Waals surface area contributed by atoms with Gasteiger partial charge in [0.1, 0.15) is 0 Å². The maximum Gasteiger partial charge on any atom is 0.331 e. The van der Waals surface area contributed by atoms with Crippen molar-refractivity contribution in [3.8, 4) is 0 Å². The van der Waals surface area contributed by atoms with Crippen molar-refractivity contribution in [2.24, 2.45) is 0 Å². The summed E-state index contributed by atoms with van der Waals surface area (Å²) >= 11 is 5.71. The summed E-state index contributed by atoms with van der Waals surface area (Å²) in [6, 6.07) is 6.46. The Morgan fingerprint density at radius 1 is 1.10 bits per heavy atom. The van der Waals surface area contributed by atoms with Crippen LogP contribution in [0.15, 0.2) is 36.4 Å². The third-order valence-electron chi connectivity index (χ3n) is 2.12. The van der Waals surface area contributed by atoms with Crippen molar-refractivity contribution >= 4 is 35.1 Å². The fourth-order valence-electron chi connectivity index (χ4n) is 1.24. The zero-order chi connectivity index (χ0) is 15.7. The van der Waals surface area contributed by atoms with E-state index in [0.717, 1.165) is 12.2 Å². The van der Waals surface area contributed by atoms with Crippen molar-refractivity contribution in [2.45, 2.75) is 6.92 Å². The Kier molecular flexibility index (Phi) is 6.97. The summed E-state index contributed by atoms with van der Waals surface area (Å²) in [4.78, 5) is 33.7. The van der Waals surface area contributed by atoms with Crippen molar-refractivity contribution in [1.82, 2.24) is 0 Å². The second-order valence-electron chi connectivity index (χ2n) is 3.75. The third kappa shape index (κ3) is 7.12. The fraction of sp³-hybridized carbons (Fsp3) is 0.214. The number of amides is 1. The molecule has 0 bridgehead atoms. The van der Waals surface area contributed by atoms with Crippen molar-refractivity contribution in [3.63, 3.8) is 0 Å². The van der Waals surface area contributed by atoms with Crippen LogP contribution in [0.3, 0.4) is 0 Å². The zero-order valence-electron chi connectivity index (χ0n) is 11.3. The summed E-state index contributed by atoms with van der Waals surface area (Å²) in [7, 11) is 0. The minimum Gasteiger partial charge on any atom is -0.463 e. The number of carbonyl (C=O) groups excluding carboxylic acids is 3. The van der Waals surface area contributed by atoms with Crippen LogP contribution < -0.4 is 5.32 Å². The van der Waals surface area contributed by atoms with Crippen LogP contribution in [-0.2, 0) is 23.9 Å². The number of hydrogen-bond donors (Lipinski definition) is 1. The molecule has 112 valence electrons. The van der Waals surface area contributed by atoms with Gasteiger partial charge in [-0.05, 0) is 31.2 Å². The van der Waals surface area contributed by atoms with Crippen molar-refractivity contribution < 1.29 is 23.9 Å². The van der Waals surface area contributed by atoms with Gasteiger partial charge in [0, 0.05) is 22.9 Å². The van der Waals surface area contributed by atoms with E-state index in [-0.39, 0.29) is 6.61 Å². The lowest BCUT2D eigenvalue weighted by molar-refractivity contribution is -0.143. The van der Waals surface area contributed by atoms with E-state index in [1.807, 2.05) is 0 Å². The van der Waals surface area contributed by atoms with E-state index in [9.17, 15) is 14.4 Å². The molecule has 0 radical (unpaired) electrons. The van der Waals surface area contributed by atoms with Crippen molar-refractivity contribution in [3.05, 3.63) is 41.4 Å². The molecule has 0 saturated carbocycles. The van der Waals surface area contributed by atoms with Gasteiger partial charge in [0.2, 0.25) is 0 Å². The van der Waals surface area contributed by atoms with E-state index >= 15 is 0 Å². The number of rotatable bonds is 6. The Labute approximate surface area is 126 Å². The maximum atomic E-state index is 11.5. The molecule has 1 aromatic rings. The predicted molar refractivity (Wildman–Crippen MR) is 76.8 cm³/mol. The van der Waals surface area contributed by atoms with Crippen LogP contribution in [0.2, 0.25) is 5.02 Å². The Hall–Kier alpha value is -2.34. The molecule has 0 saturated heterocycles. The standard InChI is InChI=1S/C14H14ClNO5/c1-2-20-13(18)7-8-14(19)21-9-12(17)16-11-5-3-10(15)4-6-11/h3-8H,2,9H2,1H3,(H,16,17)/b8-7+. The normalized spacial score (nSPS) is 10.2. The second kappa shape index (κ2) is 8.76. The Bertz CT molecular complexity index is 539. The van der Waals surface area contributed by atoms with E-state index in [1.54, 1.807) is 31.2 Å². The molecule has 0 atom stereocenters. The lowest BCUT2D eigenvalue weighted by Crippen LogP contribution is -2.20. The molecule has 1 rings (SSSR count). The van der Waals surface area contributed by atoms with E-state index in [0.29, 0.717) is 10.7 Å². The first-order valence-corrected chi connectivity index (χ1v) is 6.46. The molecule has 1 aromatic carbocycles. The molecule has 7 heteroatoms. The summed E-state index contributed by atoms with van der Waals surface area (Å²) in [6.45, 7) is 1.39. The van der Waals surface area contributed by atoms with E-state index in [4.69, 9.17) is 11.6 Å².